The van der Waals surface area contributed by atoms with Crippen LogP contribution in [0.3, 0.4) is 0 Å². The van der Waals surface area contributed by atoms with Gasteiger partial charge in [0, 0.05) is 12.1 Å². The van der Waals surface area contributed by atoms with Crippen LogP contribution < -0.4 is 5.32 Å². The molecule has 1 heterocycles. The molecular weight excluding hydrogens is 403 g/mol. The summed E-state index contributed by atoms with van der Waals surface area (Å²) >= 11 is 5.79. The molecule has 1 N–H and O–H groups in total. The first-order chi connectivity index (χ1) is 14.6. The number of rotatable bonds is 6. The Bertz CT molecular complexity index is 1110. The molecule has 0 saturated heterocycles. The van der Waals surface area contributed by atoms with Crippen LogP contribution in [0.1, 0.15) is 42.3 Å². The SMILES string of the molecule is O=C(Cc1nc(-c2ccc(Cl)c(F)c2)nn1CC1CC1)N[C@H]1CCc2ccccc21. The molecule has 0 unspecified atom stereocenters. The molecule has 1 saturated carbocycles. The summed E-state index contributed by atoms with van der Waals surface area (Å²) in [6.45, 7) is 0.734. The van der Waals surface area contributed by atoms with Crippen LogP contribution in [0.5, 0.6) is 0 Å². The van der Waals surface area contributed by atoms with Gasteiger partial charge in [0.1, 0.15) is 11.6 Å². The first-order valence-electron chi connectivity index (χ1n) is 10.3. The zero-order valence-electron chi connectivity index (χ0n) is 16.4. The van der Waals surface area contributed by atoms with Crippen molar-refractivity contribution in [2.45, 2.75) is 44.7 Å². The third-order valence-corrected chi connectivity index (χ3v) is 6.15. The van der Waals surface area contributed by atoms with Crippen molar-refractivity contribution in [3.05, 3.63) is 70.3 Å². The third-order valence-electron chi connectivity index (χ3n) is 5.84. The van der Waals surface area contributed by atoms with Crippen molar-refractivity contribution < 1.29 is 9.18 Å². The lowest BCUT2D eigenvalue weighted by molar-refractivity contribution is -0.121. The predicted octanol–water partition coefficient (Wildman–Crippen LogP) is 4.49. The van der Waals surface area contributed by atoms with Gasteiger partial charge in [0.15, 0.2) is 5.82 Å². The van der Waals surface area contributed by atoms with Crippen LogP contribution in [-0.2, 0) is 24.2 Å². The highest BCUT2D eigenvalue weighted by molar-refractivity contribution is 6.30. The summed E-state index contributed by atoms with van der Waals surface area (Å²) in [4.78, 5) is 17.4. The number of nitrogens with zero attached hydrogens (tertiary/aromatic N) is 3. The average Bonchev–Trinajstić information content (AvgIpc) is 3.34. The van der Waals surface area contributed by atoms with Gasteiger partial charge in [-0.3, -0.25) is 4.79 Å². The number of carbonyl (C=O) groups excluding carboxylic acids is 1. The highest BCUT2D eigenvalue weighted by Crippen LogP contribution is 2.32. The lowest BCUT2D eigenvalue weighted by atomic mass is 10.1. The first kappa shape index (κ1) is 19.2. The van der Waals surface area contributed by atoms with Gasteiger partial charge in [-0.25, -0.2) is 14.1 Å². The van der Waals surface area contributed by atoms with Gasteiger partial charge in [-0.1, -0.05) is 35.9 Å². The maximum Gasteiger partial charge on any atom is 0.228 e. The van der Waals surface area contributed by atoms with Gasteiger partial charge in [-0.05, 0) is 60.9 Å². The van der Waals surface area contributed by atoms with E-state index in [1.54, 1.807) is 6.07 Å². The number of aryl methyl sites for hydroxylation is 1. The molecule has 0 spiro atoms. The van der Waals surface area contributed by atoms with Gasteiger partial charge in [-0.2, -0.15) is 5.10 Å². The van der Waals surface area contributed by atoms with Crippen LogP contribution in [0.2, 0.25) is 5.02 Å². The number of hydrogen-bond acceptors (Lipinski definition) is 3. The smallest absolute Gasteiger partial charge is 0.228 e. The van der Waals surface area contributed by atoms with E-state index >= 15 is 0 Å². The van der Waals surface area contributed by atoms with Gasteiger partial charge in [0.2, 0.25) is 5.91 Å². The molecule has 5 nitrogen and oxygen atoms in total. The van der Waals surface area contributed by atoms with Crippen LogP contribution in [0.15, 0.2) is 42.5 Å². The van der Waals surface area contributed by atoms with E-state index in [2.05, 4.69) is 27.5 Å². The summed E-state index contributed by atoms with van der Waals surface area (Å²) in [5.74, 6) is 1.02. The molecule has 0 radical (unpaired) electrons. The number of amides is 1. The molecule has 30 heavy (non-hydrogen) atoms. The van der Waals surface area contributed by atoms with Crippen LogP contribution in [0.25, 0.3) is 11.4 Å². The Morgan fingerprint density at radius 2 is 2.03 bits per heavy atom. The molecule has 0 bridgehead atoms. The Morgan fingerprint density at radius 1 is 1.20 bits per heavy atom. The maximum atomic E-state index is 13.9. The average molecular weight is 425 g/mol. The normalized spacial score (nSPS) is 17.7. The second kappa shape index (κ2) is 7.84. The van der Waals surface area contributed by atoms with Crippen molar-refractivity contribution in [2.75, 3.05) is 0 Å². The Labute approximate surface area is 179 Å². The fourth-order valence-electron chi connectivity index (χ4n) is 4.05. The molecule has 1 atom stereocenters. The molecule has 0 aliphatic heterocycles. The summed E-state index contributed by atoms with van der Waals surface area (Å²) in [6, 6.07) is 12.8. The molecule has 2 aliphatic carbocycles. The number of fused-ring (bicyclic) bond motifs is 1. The zero-order valence-corrected chi connectivity index (χ0v) is 17.2. The Kier molecular flexibility index (Phi) is 5.03. The van der Waals surface area contributed by atoms with Crippen molar-refractivity contribution in [1.29, 1.82) is 0 Å². The van der Waals surface area contributed by atoms with Gasteiger partial charge in [0.05, 0.1) is 17.5 Å². The Balaban J connectivity index is 1.35. The third kappa shape index (κ3) is 3.97. The van der Waals surface area contributed by atoms with E-state index in [1.165, 1.54) is 23.3 Å². The van der Waals surface area contributed by atoms with Gasteiger partial charge >= 0.3 is 0 Å². The molecule has 2 aromatic carbocycles. The molecule has 5 rings (SSSR count). The zero-order chi connectivity index (χ0) is 20.7. The highest BCUT2D eigenvalue weighted by Gasteiger charge is 2.27. The Morgan fingerprint density at radius 3 is 2.83 bits per heavy atom. The molecule has 1 aromatic heterocycles. The van der Waals surface area contributed by atoms with E-state index in [0.717, 1.165) is 32.2 Å². The fourth-order valence-corrected chi connectivity index (χ4v) is 4.17. The molecule has 3 aromatic rings. The van der Waals surface area contributed by atoms with Crippen molar-refractivity contribution in [2.24, 2.45) is 5.92 Å². The topological polar surface area (TPSA) is 59.8 Å². The van der Waals surface area contributed by atoms with E-state index in [4.69, 9.17) is 11.6 Å². The summed E-state index contributed by atoms with van der Waals surface area (Å²) in [5, 5.41) is 7.78. The highest BCUT2D eigenvalue weighted by atomic mass is 35.5. The van der Waals surface area contributed by atoms with Crippen molar-refractivity contribution in [3.8, 4) is 11.4 Å². The van der Waals surface area contributed by atoms with Crippen LogP contribution in [-0.4, -0.2) is 20.7 Å². The number of benzene rings is 2. The summed E-state index contributed by atoms with van der Waals surface area (Å²) in [5.41, 5.74) is 3.05. The molecule has 1 amide bonds. The van der Waals surface area contributed by atoms with Crippen LogP contribution in [0.4, 0.5) is 4.39 Å². The molecule has 2 aliphatic rings. The minimum atomic E-state index is -0.507. The van der Waals surface area contributed by atoms with Crippen LogP contribution >= 0.6 is 11.6 Å². The summed E-state index contributed by atoms with van der Waals surface area (Å²) in [7, 11) is 0. The van der Waals surface area contributed by atoms with E-state index in [0.29, 0.717) is 23.1 Å². The number of halogens is 2. The standard InChI is InChI=1S/C23H22ClFN4O/c24-18-9-7-16(11-19(18)25)23-27-21(29(28-23)13-14-5-6-14)12-22(30)26-20-10-8-15-3-1-2-4-17(15)20/h1-4,7,9,11,14,20H,5-6,8,10,12-13H2,(H,26,30)/t20-/m0/s1. The lowest BCUT2D eigenvalue weighted by Crippen LogP contribution is -2.29. The molecular formula is C23H22ClFN4O. The summed E-state index contributed by atoms with van der Waals surface area (Å²) < 4.78 is 15.7. The molecule has 1 fully saturated rings. The van der Waals surface area contributed by atoms with E-state index in [-0.39, 0.29) is 23.4 Å². The van der Waals surface area contributed by atoms with Gasteiger partial charge in [-0.15, -0.1) is 0 Å². The van der Waals surface area contributed by atoms with Gasteiger partial charge < -0.3 is 5.32 Å². The van der Waals surface area contributed by atoms with Crippen molar-refractivity contribution in [1.82, 2.24) is 20.1 Å². The second-order valence-corrected chi connectivity index (χ2v) is 8.55. The largest absolute Gasteiger partial charge is 0.349 e. The molecule has 154 valence electrons. The quantitative estimate of drug-likeness (QED) is 0.634. The monoisotopic (exact) mass is 424 g/mol. The first-order valence-corrected chi connectivity index (χ1v) is 10.7. The van der Waals surface area contributed by atoms with E-state index in [9.17, 15) is 9.18 Å². The van der Waals surface area contributed by atoms with E-state index in [1.807, 2.05) is 16.8 Å². The Hall–Kier alpha value is -2.73. The number of aromatic nitrogens is 3. The number of carbonyl (C=O) groups is 1. The summed E-state index contributed by atoms with van der Waals surface area (Å²) in [6.07, 6.45) is 4.36. The van der Waals surface area contributed by atoms with Gasteiger partial charge in [0.25, 0.3) is 0 Å². The predicted molar refractivity (Wildman–Crippen MR) is 113 cm³/mol. The number of hydrogen-bond donors (Lipinski definition) is 1. The minimum absolute atomic E-state index is 0.0401. The number of nitrogens with one attached hydrogen (secondary N) is 1. The maximum absolute atomic E-state index is 13.9. The van der Waals surface area contributed by atoms with Crippen molar-refractivity contribution >= 4 is 17.5 Å². The fraction of sp³-hybridized carbons (Fsp3) is 0.348. The van der Waals surface area contributed by atoms with Crippen molar-refractivity contribution in [3.63, 3.8) is 0 Å². The van der Waals surface area contributed by atoms with E-state index < -0.39 is 5.82 Å². The minimum Gasteiger partial charge on any atom is -0.349 e. The molecule has 7 heteroatoms. The lowest BCUT2D eigenvalue weighted by Gasteiger charge is -2.14. The van der Waals surface area contributed by atoms with Crippen LogP contribution in [0, 0.1) is 11.7 Å². The second-order valence-electron chi connectivity index (χ2n) is 8.14.